The van der Waals surface area contributed by atoms with Gasteiger partial charge in [-0.3, -0.25) is 4.79 Å². The predicted octanol–water partition coefficient (Wildman–Crippen LogP) is 3.36. The predicted molar refractivity (Wildman–Crippen MR) is 79.5 cm³/mol. The fourth-order valence-corrected chi connectivity index (χ4v) is 1.85. The van der Waals surface area contributed by atoms with Gasteiger partial charge < -0.3 is 10.1 Å². The Morgan fingerprint density at radius 3 is 2.45 bits per heavy atom. The van der Waals surface area contributed by atoms with Crippen LogP contribution in [0.25, 0.3) is 0 Å². The van der Waals surface area contributed by atoms with Gasteiger partial charge in [0.1, 0.15) is 5.75 Å². The summed E-state index contributed by atoms with van der Waals surface area (Å²) in [6.07, 6.45) is -0.810. The third kappa shape index (κ3) is 4.28. The quantitative estimate of drug-likeness (QED) is 0.920. The highest BCUT2D eigenvalue weighted by molar-refractivity contribution is 5.80. The molecule has 0 bridgehead atoms. The number of aryl methyl sites for hydroxylation is 1. The summed E-state index contributed by atoms with van der Waals surface area (Å²) >= 11 is 0. The fourth-order valence-electron chi connectivity index (χ4n) is 1.85. The molecule has 3 nitrogen and oxygen atoms in total. The van der Waals surface area contributed by atoms with Crippen molar-refractivity contribution in [3.8, 4) is 5.75 Å². The Labute approximate surface area is 127 Å². The van der Waals surface area contributed by atoms with Crippen LogP contribution < -0.4 is 10.1 Å². The van der Waals surface area contributed by atoms with Gasteiger partial charge >= 0.3 is 0 Å². The number of amides is 1. The molecule has 2 aromatic carbocycles. The molecule has 0 saturated heterocycles. The van der Waals surface area contributed by atoms with Gasteiger partial charge in [-0.2, -0.15) is 0 Å². The van der Waals surface area contributed by atoms with Crippen molar-refractivity contribution in [2.24, 2.45) is 0 Å². The van der Waals surface area contributed by atoms with E-state index in [2.05, 4.69) is 5.32 Å². The van der Waals surface area contributed by atoms with E-state index in [1.54, 1.807) is 6.92 Å². The second kappa shape index (κ2) is 7.02. The highest BCUT2D eigenvalue weighted by Crippen LogP contribution is 2.16. The van der Waals surface area contributed by atoms with E-state index in [1.807, 2.05) is 31.2 Å². The summed E-state index contributed by atoms with van der Waals surface area (Å²) in [6, 6.07) is 10.9. The van der Waals surface area contributed by atoms with Crippen LogP contribution in [0.3, 0.4) is 0 Å². The zero-order chi connectivity index (χ0) is 16.1. The molecular formula is C17H17F2NO2. The lowest BCUT2D eigenvalue weighted by Crippen LogP contribution is -2.35. The number of nitrogens with one attached hydrogen (secondary N) is 1. The molecule has 22 heavy (non-hydrogen) atoms. The molecule has 0 saturated carbocycles. The molecule has 0 aliphatic rings. The average Bonchev–Trinajstić information content (AvgIpc) is 2.50. The molecule has 0 radical (unpaired) electrons. The van der Waals surface area contributed by atoms with Gasteiger partial charge in [-0.05, 0) is 31.5 Å². The number of halogens is 2. The van der Waals surface area contributed by atoms with E-state index in [-0.39, 0.29) is 11.7 Å². The van der Waals surface area contributed by atoms with E-state index in [0.29, 0.717) is 6.54 Å². The second-order valence-corrected chi connectivity index (χ2v) is 5.04. The van der Waals surface area contributed by atoms with E-state index < -0.39 is 17.7 Å². The SMILES string of the molecule is Cc1ccc(CNC(=O)[C@@H](C)Oc2ccc(F)c(F)c2)cc1. The summed E-state index contributed by atoms with van der Waals surface area (Å²) in [7, 11) is 0. The molecule has 0 spiro atoms. The third-order valence-corrected chi connectivity index (χ3v) is 3.16. The summed E-state index contributed by atoms with van der Waals surface area (Å²) in [5.41, 5.74) is 2.11. The third-order valence-electron chi connectivity index (χ3n) is 3.16. The highest BCUT2D eigenvalue weighted by Gasteiger charge is 2.15. The Kier molecular flexibility index (Phi) is 5.09. The highest BCUT2D eigenvalue weighted by atomic mass is 19.2. The van der Waals surface area contributed by atoms with Gasteiger partial charge in [-0.25, -0.2) is 8.78 Å². The van der Waals surface area contributed by atoms with Crippen LogP contribution in [0.15, 0.2) is 42.5 Å². The van der Waals surface area contributed by atoms with Crippen LogP contribution in [0.5, 0.6) is 5.75 Å². The van der Waals surface area contributed by atoms with Gasteiger partial charge in [0.05, 0.1) is 0 Å². The second-order valence-electron chi connectivity index (χ2n) is 5.04. The summed E-state index contributed by atoms with van der Waals surface area (Å²) in [5.74, 6) is -2.18. The van der Waals surface area contributed by atoms with Gasteiger partial charge in [0.2, 0.25) is 0 Å². The van der Waals surface area contributed by atoms with Crippen molar-refractivity contribution in [2.75, 3.05) is 0 Å². The van der Waals surface area contributed by atoms with Crippen molar-refractivity contribution in [3.63, 3.8) is 0 Å². The van der Waals surface area contributed by atoms with E-state index in [1.165, 1.54) is 6.07 Å². The van der Waals surface area contributed by atoms with Crippen LogP contribution in [-0.4, -0.2) is 12.0 Å². The fraction of sp³-hybridized carbons (Fsp3) is 0.235. The number of hydrogen-bond acceptors (Lipinski definition) is 2. The zero-order valence-electron chi connectivity index (χ0n) is 12.4. The lowest BCUT2D eigenvalue weighted by atomic mass is 10.1. The van der Waals surface area contributed by atoms with Crippen LogP contribution >= 0.6 is 0 Å². The minimum absolute atomic E-state index is 0.108. The maximum absolute atomic E-state index is 13.1. The first-order valence-corrected chi connectivity index (χ1v) is 6.90. The molecule has 0 heterocycles. The Bertz CT molecular complexity index is 656. The zero-order valence-corrected chi connectivity index (χ0v) is 12.4. The van der Waals surface area contributed by atoms with Crippen molar-refractivity contribution in [1.29, 1.82) is 0 Å². The summed E-state index contributed by atoms with van der Waals surface area (Å²) < 4.78 is 31.2. The van der Waals surface area contributed by atoms with Crippen LogP contribution in [0, 0.1) is 18.6 Å². The standard InChI is InChI=1S/C17H17F2NO2/c1-11-3-5-13(6-4-11)10-20-17(21)12(2)22-14-7-8-15(18)16(19)9-14/h3-9,12H,10H2,1-2H3,(H,20,21)/t12-/m1/s1. The van der Waals surface area contributed by atoms with Gasteiger partial charge in [0.25, 0.3) is 5.91 Å². The minimum atomic E-state index is -1.01. The molecule has 5 heteroatoms. The van der Waals surface area contributed by atoms with Gasteiger partial charge in [-0.15, -0.1) is 0 Å². The molecule has 2 aromatic rings. The van der Waals surface area contributed by atoms with E-state index in [0.717, 1.165) is 23.3 Å². The monoisotopic (exact) mass is 305 g/mol. The first kappa shape index (κ1) is 15.9. The maximum Gasteiger partial charge on any atom is 0.261 e. The van der Waals surface area contributed by atoms with Crippen LogP contribution in [0.2, 0.25) is 0 Å². The van der Waals surface area contributed by atoms with Gasteiger partial charge in [0.15, 0.2) is 17.7 Å². The minimum Gasteiger partial charge on any atom is -0.481 e. The van der Waals surface area contributed by atoms with Crippen molar-refractivity contribution in [3.05, 3.63) is 65.2 Å². The molecule has 1 atom stereocenters. The molecule has 0 fully saturated rings. The molecule has 0 unspecified atom stereocenters. The van der Waals surface area contributed by atoms with Crippen molar-refractivity contribution in [1.82, 2.24) is 5.32 Å². The number of hydrogen-bond donors (Lipinski definition) is 1. The molecule has 0 aliphatic carbocycles. The number of benzene rings is 2. The molecule has 1 N–H and O–H groups in total. The number of rotatable bonds is 5. The van der Waals surface area contributed by atoms with Crippen LogP contribution in [0.4, 0.5) is 8.78 Å². The number of carbonyl (C=O) groups excluding carboxylic acids is 1. The largest absolute Gasteiger partial charge is 0.481 e. The summed E-state index contributed by atoms with van der Waals surface area (Å²) in [4.78, 5) is 11.9. The van der Waals surface area contributed by atoms with E-state index >= 15 is 0 Å². The molecule has 116 valence electrons. The lowest BCUT2D eigenvalue weighted by molar-refractivity contribution is -0.127. The Morgan fingerprint density at radius 2 is 1.82 bits per heavy atom. The Balaban J connectivity index is 1.88. The molecule has 2 rings (SSSR count). The molecular weight excluding hydrogens is 288 g/mol. The average molecular weight is 305 g/mol. The first-order chi connectivity index (χ1) is 10.5. The van der Waals surface area contributed by atoms with Crippen molar-refractivity contribution in [2.45, 2.75) is 26.5 Å². The Morgan fingerprint density at radius 1 is 1.14 bits per heavy atom. The molecule has 0 aromatic heterocycles. The van der Waals surface area contributed by atoms with Crippen LogP contribution in [0.1, 0.15) is 18.1 Å². The van der Waals surface area contributed by atoms with Crippen molar-refractivity contribution < 1.29 is 18.3 Å². The summed E-state index contributed by atoms with van der Waals surface area (Å²) in [6.45, 7) is 3.91. The molecule has 0 aliphatic heterocycles. The van der Waals surface area contributed by atoms with Crippen molar-refractivity contribution >= 4 is 5.91 Å². The Hall–Kier alpha value is -2.43. The first-order valence-electron chi connectivity index (χ1n) is 6.90. The normalized spacial score (nSPS) is 11.8. The smallest absolute Gasteiger partial charge is 0.261 e. The van der Waals surface area contributed by atoms with Gasteiger partial charge in [-0.1, -0.05) is 29.8 Å². The summed E-state index contributed by atoms with van der Waals surface area (Å²) in [5, 5.41) is 2.73. The number of ether oxygens (including phenoxy) is 1. The topological polar surface area (TPSA) is 38.3 Å². The molecule has 1 amide bonds. The van der Waals surface area contributed by atoms with Crippen LogP contribution in [-0.2, 0) is 11.3 Å². The van der Waals surface area contributed by atoms with E-state index in [4.69, 9.17) is 4.74 Å². The maximum atomic E-state index is 13.1. The number of carbonyl (C=O) groups is 1. The van der Waals surface area contributed by atoms with E-state index in [9.17, 15) is 13.6 Å². The lowest BCUT2D eigenvalue weighted by Gasteiger charge is -2.15. The van der Waals surface area contributed by atoms with Gasteiger partial charge in [0, 0.05) is 12.6 Å².